The minimum absolute atomic E-state index is 0. The van der Waals surface area contributed by atoms with Gasteiger partial charge in [0.2, 0.25) is 0 Å². The first-order chi connectivity index (χ1) is 3.39. The van der Waals surface area contributed by atoms with Crippen LogP contribution in [0.4, 0.5) is 0 Å². The Kier molecular flexibility index (Phi) is 2.35. The van der Waals surface area contributed by atoms with Crippen molar-refractivity contribution in [3.8, 4) is 0 Å². The normalized spacial score (nSPS) is 7.62. The van der Waals surface area contributed by atoms with Gasteiger partial charge in [0.15, 0.2) is 0 Å². The van der Waals surface area contributed by atoms with Crippen molar-refractivity contribution < 1.29 is 0 Å². The third-order valence-corrected chi connectivity index (χ3v) is 1.16. The molecule has 0 bridgehead atoms. The molecule has 38 valence electrons. The van der Waals surface area contributed by atoms with Crippen molar-refractivity contribution in [2.45, 2.75) is 0 Å². The van der Waals surface area contributed by atoms with Crippen molar-refractivity contribution in [1.29, 1.82) is 0 Å². The number of benzene rings is 1. The van der Waals surface area contributed by atoms with Gasteiger partial charge in [-0.15, -0.1) is 15.9 Å². The summed E-state index contributed by atoms with van der Waals surface area (Å²) in [5, 5.41) is 0. The maximum atomic E-state index is 3.28. The van der Waals surface area contributed by atoms with Crippen molar-refractivity contribution >= 4 is 15.9 Å². The van der Waals surface area contributed by atoms with Crippen molar-refractivity contribution in [1.82, 2.24) is 0 Å². The second kappa shape index (κ2) is 2.80. The maximum Gasteiger partial charge on any atom is 0 e. The number of hydrogen-bond donors (Lipinski definition) is 0. The summed E-state index contributed by atoms with van der Waals surface area (Å²) in [7, 11) is 0. The van der Waals surface area contributed by atoms with Crippen LogP contribution in [0.2, 0.25) is 0 Å². The predicted octanol–water partition coefficient (Wildman–Crippen LogP) is 2.25. The van der Waals surface area contributed by atoms with Crippen LogP contribution in [0.15, 0.2) is 28.7 Å². The largest absolute Gasteiger partial charge is 0.183 e. The second-order valence-electron chi connectivity index (χ2n) is 1.22. The van der Waals surface area contributed by atoms with E-state index < -0.39 is 0 Å². The average molecular weight is 423 g/mol. The SMILES string of the molecule is Brc1c[c-]ccc1.[Rf]. The molecule has 2 heteroatoms. The van der Waals surface area contributed by atoms with E-state index in [1.165, 1.54) is 0 Å². The van der Waals surface area contributed by atoms with Crippen molar-refractivity contribution in [2.24, 2.45) is 0 Å². The molecule has 1 rings (SSSR count). The summed E-state index contributed by atoms with van der Waals surface area (Å²) in [4.78, 5) is 0. The van der Waals surface area contributed by atoms with E-state index in [9.17, 15) is 0 Å². The smallest absolute Gasteiger partial charge is 0 e. The van der Waals surface area contributed by atoms with Crippen LogP contribution < -0.4 is 0 Å². The summed E-state index contributed by atoms with van der Waals surface area (Å²) in [5.41, 5.74) is 0. The van der Waals surface area contributed by atoms with E-state index in [1.807, 2.05) is 24.3 Å². The summed E-state index contributed by atoms with van der Waals surface area (Å²) in [6.45, 7) is 0. The molecule has 0 N–H and O–H groups in total. The van der Waals surface area contributed by atoms with Gasteiger partial charge < -0.3 is 0 Å². The number of halogens is 1. The Morgan fingerprint density at radius 2 is 2.25 bits per heavy atom. The van der Waals surface area contributed by atoms with E-state index in [1.54, 1.807) is 0 Å². The Morgan fingerprint density at radius 1 is 1.50 bits per heavy atom. The molecule has 8 heavy (non-hydrogen) atoms. The zero-order chi connectivity index (χ0) is 5.11. The van der Waals surface area contributed by atoms with Gasteiger partial charge >= 0.3 is 0 Å². The van der Waals surface area contributed by atoms with Gasteiger partial charge in [-0.05, 0) is 0 Å². The summed E-state index contributed by atoms with van der Waals surface area (Å²) in [6, 6.07) is 10.6. The molecule has 0 unspecified atom stereocenters. The quantitative estimate of drug-likeness (QED) is 0.562. The number of rotatable bonds is 0. The van der Waals surface area contributed by atoms with Crippen LogP contribution in [0, 0.1) is 6.07 Å². The first kappa shape index (κ1) is 6.70. The Bertz CT molecular complexity index is 138. The third kappa shape index (κ3) is 1.43. The minimum atomic E-state index is 0. The molecule has 0 nitrogen and oxygen atoms in total. The fourth-order valence-corrected chi connectivity index (χ4v) is 0.656. The molecule has 0 spiro atoms. The summed E-state index contributed by atoms with van der Waals surface area (Å²) in [5.74, 6) is 0. The van der Waals surface area contributed by atoms with Crippen LogP contribution in [0.25, 0.3) is 0 Å². The fourth-order valence-electron chi connectivity index (χ4n) is 0.371. The molecule has 0 radical (unpaired) electrons. The van der Waals surface area contributed by atoms with Crippen molar-refractivity contribution in [3.63, 3.8) is 0 Å². The van der Waals surface area contributed by atoms with Crippen LogP contribution in [0.3, 0.4) is 0 Å². The van der Waals surface area contributed by atoms with Crippen LogP contribution in [0.1, 0.15) is 0 Å². The van der Waals surface area contributed by atoms with Gasteiger partial charge in [0.1, 0.15) is 0 Å². The molecule has 0 atom stereocenters. The van der Waals surface area contributed by atoms with Crippen LogP contribution in [-0.4, -0.2) is 0 Å². The van der Waals surface area contributed by atoms with E-state index in [2.05, 4.69) is 22.0 Å². The molecule has 0 aliphatic rings. The fraction of sp³-hybridized carbons (Fsp3) is 0. The van der Waals surface area contributed by atoms with E-state index >= 15 is 0 Å². The van der Waals surface area contributed by atoms with Gasteiger partial charge in [0.05, 0.1) is 0 Å². The topological polar surface area (TPSA) is 0 Å². The van der Waals surface area contributed by atoms with Gasteiger partial charge in [-0.3, -0.25) is 0 Å². The van der Waals surface area contributed by atoms with E-state index in [-0.39, 0.29) is 0 Å². The summed E-state index contributed by atoms with van der Waals surface area (Å²) in [6.07, 6.45) is 0. The van der Waals surface area contributed by atoms with Gasteiger partial charge in [0, 0.05) is 0 Å². The molecule has 1 aromatic rings. The molecule has 0 saturated carbocycles. The van der Waals surface area contributed by atoms with Gasteiger partial charge in [-0.2, -0.15) is 30.3 Å². The van der Waals surface area contributed by atoms with Crippen LogP contribution >= 0.6 is 15.9 Å². The van der Waals surface area contributed by atoms with Crippen LogP contribution in [-0.2, 0) is 0 Å². The van der Waals surface area contributed by atoms with Crippen LogP contribution in [0.5, 0.6) is 0 Å². The monoisotopic (exact) mass is 422 g/mol. The standard InChI is InChI=1S/C6H4Br.Rf/c7-6-4-2-1-3-5-6;/h1-2,4-5H;/q-1;. The first-order valence-electron chi connectivity index (χ1n) is 2.01. The molecular weight excluding hydrogens is 419 g/mol. The first-order valence-corrected chi connectivity index (χ1v) is 2.80. The van der Waals surface area contributed by atoms with E-state index in [0.29, 0.717) is 0 Å². The molecular formula is C6H4BrRf-. The number of hydrogen-bond acceptors (Lipinski definition) is 0. The zero-order valence-corrected chi connectivity index (χ0v) is 12.4. The molecule has 0 aliphatic carbocycles. The summed E-state index contributed by atoms with van der Waals surface area (Å²) < 4.78 is 1.08. The Hall–Kier alpha value is -1.30. The Labute approximate surface area is 51.3 Å². The molecule has 0 fully saturated rings. The summed E-state index contributed by atoms with van der Waals surface area (Å²) >= 11 is 3.28. The molecule has 0 heterocycles. The molecule has 0 aromatic heterocycles. The minimum Gasteiger partial charge on any atom is -0.183 e. The van der Waals surface area contributed by atoms with Gasteiger partial charge in [-0.25, -0.2) is 0 Å². The predicted molar refractivity (Wildman–Crippen MR) is 33.0 cm³/mol. The zero-order valence-electron chi connectivity index (χ0n) is 4.39. The Morgan fingerprint density at radius 3 is 2.50 bits per heavy atom. The van der Waals surface area contributed by atoms with E-state index in [0.717, 1.165) is 4.47 Å². The maximum absolute atomic E-state index is 3.28. The second-order valence-corrected chi connectivity index (χ2v) is 2.14. The molecule has 0 aliphatic heterocycles. The van der Waals surface area contributed by atoms with Gasteiger partial charge in [0.25, 0.3) is 0 Å². The molecule has 0 saturated heterocycles. The third-order valence-electron chi connectivity index (χ3n) is 0.669. The van der Waals surface area contributed by atoms with Crippen molar-refractivity contribution in [3.05, 3.63) is 34.8 Å². The molecule has 1 aromatic carbocycles. The van der Waals surface area contributed by atoms with E-state index in [4.69, 9.17) is 0 Å². The molecule has 0 amide bonds. The van der Waals surface area contributed by atoms with Gasteiger partial charge in [-0.1, -0.05) is 4.47 Å². The average Bonchev–Trinajstić information content (AvgIpc) is 1.69. The Balaban J connectivity index is 0.000000490. The van der Waals surface area contributed by atoms with Crippen molar-refractivity contribution in [2.75, 3.05) is 0 Å².